The zero-order valence-electron chi connectivity index (χ0n) is 19.0. The third-order valence-corrected chi connectivity index (χ3v) is 6.51. The van der Waals surface area contributed by atoms with Crippen molar-refractivity contribution in [2.24, 2.45) is 5.92 Å². The SMILES string of the molecule is CCOC(=O)c1sc(-c2ccccc2)cc1NC(=O)COC(=O)[C@@H]1CC(=O)N(Cc2ccco2)C1. The number of thiophene rings is 1. The van der Waals surface area contributed by atoms with E-state index in [-0.39, 0.29) is 42.6 Å². The molecule has 0 aliphatic carbocycles. The molecule has 9 nitrogen and oxygen atoms in total. The lowest BCUT2D eigenvalue weighted by atomic mass is 10.1. The molecule has 0 radical (unpaired) electrons. The molecule has 182 valence electrons. The number of furan rings is 1. The quantitative estimate of drug-likeness (QED) is 0.449. The normalized spacial score (nSPS) is 15.2. The molecule has 1 atom stereocenters. The van der Waals surface area contributed by atoms with E-state index >= 15 is 0 Å². The maximum Gasteiger partial charge on any atom is 0.350 e. The molecular weight excluding hydrogens is 472 g/mol. The van der Waals surface area contributed by atoms with Crippen LogP contribution in [0.2, 0.25) is 0 Å². The van der Waals surface area contributed by atoms with Crippen molar-refractivity contribution in [1.29, 1.82) is 0 Å². The minimum atomic E-state index is -0.661. The van der Waals surface area contributed by atoms with E-state index < -0.39 is 30.4 Å². The highest BCUT2D eigenvalue weighted by Crippen LogP contribution is 2.35. The third kappa shape index (κ3) is 5.96. The van der Waals surface area contributed by atoms with E-state index in [9.17, 15) is 19.2 Å². The van der Waals surface area contributed by atoms with E-state index in [1.165, 1.54) is 22.5 Å². The Hall–Kier alpha value is -3.92. The van der Waals surface area contributed by atoms with E-state index in [0.717, 1.165) is 10.4 Å². The second-order valence-corrected chi connectivity index (χ2v) is 8.90. The number of carbonyl (C=O) groups excluding carboxylic acids is 4. The Bertz CT molecular complexity index is 1200. The summed E-state index contributed by atoms with van der Waals surface area (Å²) in [6.45, 7) is 1.82. The van der Waals surface area contributed by atoms with Crippen LogP contribution in [-0.4, -0.2) is 48.4 Å². The number of nitrogens with one attached hydrogen (secondary N) is 1. The number of hydrogen-bond donors (Lipinski definition) is 1. The monoisotopic (exact) mass is 496 g/mol. The highest BCUT2D eigenvalue weighted by molar-refractivity contribution is 7.18. The minimum Gasteiger partial charge on any atom is -0.467 e. The second-order valence-electron chi connectivity index (χ2n) is 7.85. The summed E-state index contributed by atoms with van der Waals surface area (Å²) < 4.78 is 15.5. The van der Waals surface area contributed by atoms with Crippen LogP contribution in [0.5, 0.6) is 0 Å². The Morgan fingerprint density at radius 2 is 1.94 bits per heavy atom. The number of hydrogen-bond acceptors (Lipinski definition) is 8. The fourth-order valence-electron chi connectivity index (χ4n) is 3.69. The van der Waals surface area contributed by atoms with Gasteiger partial charge < -0.3 is 24.1 Å². The second kappa shape index (κ2) is 11.0. The first-order valence-corrected chi connectivity index (χ1v) is 11.9. The van der Waals surface area contributed by atoms with Crippen molar-refractivity contribution in [3.05, 3.63) is 65.4 Å². The van der Waals surface area contributed by atoms with Gasteiger partial charge in [0.15, 0.2) is 6.61 Å². The van der Waals surface area contributed by atoms with Crippen molar-refractivity contribution in [2.45, 2.75) is 19.9 Å². The zero-order chi connectivity index (χ0) is 24.8. The molecule has 10 heteroatoms. The number of anilines is 1. The minimum absolute atomic E-state index is 0.0130. The molecule has 0 unspecified atom stereocenters. The Balaban J connectivity index is 1.35. The molecule has 2 amide bonds. The van der Waals surface area contributed by atoms with Gasteiger partial charge in [-0.15, -0.1) is 11.3 Å². The number of carbonyl (C=O) groups is 4. The maximum absolute atomic E-state index is 12.5. The van der Waals surface area contributed by atoms with Crippen molar-refractivity contribution in [3.63, 3.8) is 0 Å². The molecule has 1 aliphatic rings. The summed E-state index contributed by atoms with van der Waals surface area (Å²) in [5, 5.41) is 2.64. The van der Waals surface area contributed by atoms with Gasteiger partial charge in [0, 0.05) is 17.8 Å². The standard InChI is InChI=1S/C25H24N2O7S/c1-2-32-25(31)23-19(12-20(35-23)16-7-4-3-5-8-16)26-21(28)15-34-24(30)17-11-22(29)27(13-17)14-18-9-6-10-33-18/h3-10,12,17H,2,11,13-15H2,1H3,(H,26,28)/t17-/m1/s1. The van der Waals surface area contributed by atoms with Crippen molar-refractivity contribution < 1.29 is 33.1 Å². The van der Waals surface area contributed by atoms with Crippen LogP contribution in [-0.2, 0) is 30.4 Å². The molecule has 3 aromatic rings. The molecule has 0 spiro atoms. The maximum atomic E-state index is 12.5. The predicted octanol–water partition coefficient (Wildman–Crippen LogP) is 3.72. The van der Waals surface area contributed by atoms with Crippen LogP contribution >= 0.6 is 11.3 Å². The summed E-state index contributed by atoms with van der Waals surface area (Å²) in [4.78, 5) is 52.2. The summed E-state index contributed by atoms with van der Waals surface area (Å²) >= 11 is 1.20. The molecule has 35 heavy (non-hydrogen) atoms. The third-order valence-electron chi connectivity index (χ3n) is 5.35. The number of ether oxygens (including phenoxy) is 2. The van der Waals surface area contributed by atoms with Crippen LogP contribution in [0.15, 0.2) is 59.2 Å². The molecule has 3 heterocycles. The molecule has 0 bridgehead atoms. The molecule has 1 saturated heterocycles. The van der Waals surface area contributed by atoms with Gasteiger partial charge in [-0.25, -0.2) is 4.79 Å². The van der Waals surface area contributed by atoms with Gasteiger partial charge in [0.25, 0.3) is 5.91 Å². The first kappa shape index (κ1) is 24.2. The van der Waals surface area contributed by atoms with Crippen LogP contribution in [0.3, 0.4) is 0 Å². The number of esters is 2. The Morgan fingerprint density at radius 1 is 1.14 bits per heavy atom. The first-order valence-electron chi connectivity index (χ1n) is 11.1. The van der Waals surface area contributed by atoms with E-state index in [1.54, 1.807) is 25.1 Å². The Kier molecular flexibility index (Phi) is 7.61. The van der Waals surface area contributed by atoms with Gasteiger partial charge >= 0.3 is 11.9 Å². The molecule has 4 rings (SSSR count). The Labute approximate surface area is 205 Å². The number of nitrogens with zero attached hydrogens (tertiary/aromatic N) is 1. The van der Waals surface area contributed by atoms with Crippen molar-refractivity contribution in [1.82, 2.24) is 4.90 Å². The summed E-state index contributed by atoms with van der Waals surface area (Å²) in [7, 11) is 0. The van der Waals surface area contributed by atoms with E-state index in [0.29, 0.717) is 5.76 Å². The molecule has 2 aromatic heterocycles. The summed E-state index contributed by atoms with van der Waals surface area (Å²) in [5.41, 5.74) is 1.17. The van der Waals surface area contributed by atoms with E-state index in [4.69, 9.17) is 13.9 Å². The van der Waals surface area contributed by atoms with Crippen LogP contribution in [0.1, 0.15) is 28.8 Å². The predicted molar refractivity (Wildman–Crippen MR) is 128 cm³/mol. The van der Waals surface area contributed by atoms with Crippen molar-refractivity contribution in [2.75, 3.05) is 25.1 Å². The van der Waals surface area contributed by atoms with Gasteiger partial charge in [0.05, 0.1) is 31.0 Å². The van der Waals surface area contributed by atoms with Gasteiger partial charge in [-0.05, 0) is 30.7 Å². The highest BCUT2D eigenvalue weighted by Gasteiger charge is 2.36. The van der Waals surface area contributed by atoms with Gasteiger partial charge in [-0.1, -0.05) is 30.3 Å². The topological polar surface area (TPSA) is 115 Å². The van der Waals surface area contributed by atoms with Gasteiger partial charge in [0.1, 0.15) is 10.6 Å². The smallest absolute Gasteiger partial charge is 0.350 e. The Morgan fingerprint density at radius 3 is 2.66 bits per heavy atom. The fourth-order valence-corrected chi connectivity index (χ4v) is 4.70. The van der Waals surface area contributed by atoms with Crippen LogP contribution in [0, 0.1) is 5.92 Å². The fraction of sp³-hybridized carbons (Fsp3) is 0.280. The number of rotatable bonds is 9. The number of benzene rings is 1. The van der Waals surface area contributed by atoms with Crippen LogP contribution in [0.25, 0.3) is 10.4 Å². The molecule has 1 aliphatic heterocycles. The van der Waals surface area contributed by atoms with Crippen molar-refractivity contribution >= 4 is 40.8 Å². The van der Waals surface area contributed by atoms with Gasteiger partial charge in [-0.3, -0.25) is 14.4 Å². The molecule has 1 aromatic carbocycles. The summed E-state index contributed by atoms with van der Waals surface area (Å²) in [6, 6.07) is 14.6. The van der Waals surface area contributed by atoms with Crippen LogP contribution < -0.4 is 5.32 Å². The van der Waals surface area contributed by atoms with Crippen molar-refractivity contribution in [3.8, 4) is 10.4 Å². The van der Waals surface area contributed by atoms with Gasteiger partial charge in [-0.2, -0.15) is 0 Å². The molecule has 0 saturated carbocycles. The lowest BCUT2D eigenvalue weighted by molar-refractivity contribution is -0.151. The lowest BCUT2D eigenvalue weighted by Gasteiger charge is -2.14. The number of amides is 2. The van der Waals surface area contributed by atoms with Crippen LogP contribution in [0.4, 0.5) is 5.69 Å². The average molecular weight is 497 g/mol. The summed E-state index contributed by atoms with van der Waals surface area (Å²) in [5.74, 6) is -2.00. The van der Waals surface area contributed by atoms with E-state index in [1.807, 2.05) is 30.3 Å². The highest BCUT2D eigenvalue weighted by atomic mass is 32.1. The number of likely N-dealkylation sites (tertiary alicyclic amines) is 1. The zero-order valence-corrected chi connectivity index (χ0v) is 19.8. The van der Waals surface area contributed by atoms with Gasteiger partial charge in [0.2, 0.25) is 5.91 Å². The average Bonchev–Trinajstić information content (AvgIpc) is 3.60. The molecular formula is C25H24N2O7S. The molecule has 1 fully saturated rings. The van der Waals surface area contributed by atoms with E-state index in [2.05, 4.69) is 5.32 Å². The largest absolute Gasteiger partial charge is 0.467 e. The first-order chi connectivity index (χ1) is 16.9. The molecule has 1 N–H and O–H groups in total. The lowest BCUT2D eigenvalue weighted by Crippen LogP contribution is -2.28. The summed E-state index contributed by atoms with van der Waals surface area (Å²) in [6.07, 6.45) is 1.53.